The first-order valence-corrected chi connectivity index (χ1v) is 5.59. The number of ether oxygens (including phenoxy) is 3. The van der Waals surface area contributed by atoms with Gasteiger partial charge >= 0.3 is 12.3 Å². The predicted molar refractivity (Wildman–Crippen MR) is 60.5 cm³/mol. The quantitative estimate of drug-likeness (QED) is 0.851. The van der Waals surface area contributed by atoms with E-state index in [2.05, 4.69) is 14.5 Å². The third-order valence-corrected chi connectivity index (χ3v) is 2.66. The standard InChI is InChI=1S/C12H9F2NO4/c1-2-17-11(16)8-5-6-7(15-8)3-4-9-10(6)19-12(13,14)18-9/h3-5,15H,2H2,1H3. The van der Waals surface area contributed by atoms with Gasteiger partial charge in [-0.25, -0.2) is 4.79 Å². The Labute approximate surface area is 106 Å². The second-order valence-corrected chi connectivity index (χ2v) is 3.93. The molecule has 0 saturated heterocycles. The molecule has 2 aromatic rings. The van der Waals surface area contributed by atoms with E-state index in [1.165, 1.54) is 18.2 Å². The van der Waals surface area contributed by atoms with Crippen LogP contribution >= 0.6 is 0 Å². The fourth-order valence-corrected chi connectivity index (χ4v) is 1.93. The Balaban J connectivity index is 2.08. The van der Waals surface area contributed by atoms with E-state index in [0.29, 0.717) is 10.9 Å². The van der Waals surface area contributed by atoms with Crippen molar-refractivity contribution in [1.82, 2.24) is 4.98 Å². The molecule has 100 valence electrons. The average Bonchev–Trinajstić information content (AvgIpc) is 2.87. The summed E-state index contributed by atoms with van der Waals surface area (Å²) < 4.78 is 39.6. The lowest BCUT2D eigenvalue weighted by molar-refractivity contribution is -0.286. The van der Waals surface area contributed by atoms with Crippen molar-refractivity contribution in [3.63, 3.8) is 0 Å². The van der Waals surface area contributed by atoms with Gasteiger partial charge in [-0.1, -0.05) is 0 Å². The summed E-state index contributed by atoms with van der Waals surface area (Å²) in [5.74, 6) is -0.709. The molecule has 0 radical (unpaired) electrons. The number of benzene rings is 1. The molecular formula is C12H9F2NO4. The number of aromatic nitrogens is 1. The maximum absolute atomic E-state index is 13.0. The van der Waals surface area contributed by atoms with Crippen LogP contribution in [0.25, 0.3) is 10.9 Å². The van der Waals surface area contributed by atoms with E-state index in [1.807, 2.05) is 0 Å². The van der Waals surface area contributed by atoms with Crippen molar-refractivity contribution in [2.45, 2.75) is 13.2 Å². The first kappa shape index (κ1) is 11.8. The van der Waals surface area contributed by atoms with Crippen molar-refractivity contribution in [1.29, 1.82) is 0 Å². The Kier molecular flexibility index (Phi) is 2.38. The summed E-state index contributed by atoms with van der Waals surface area (Å²) in [6.07, 6.45) is -3.68. The van der Waals surface area contributed by atoms with Gasteiger partial charge in [-0.3, -0.25) is 0 Å². The number of alkyl halides is 2. The van der Waals surface area contributed by atoms with E-state index in [1.54, 1.807) is 6.92 Å². The molecule has 0 aliphatic carbocycles. The molecule has 2 heterocycles. The highest BCUT2D eigenvalue weighted by molar-refractivity contribution is 5.98. The largest absolute Gasteiger partial charge is 0.586 e. The lowest BCUT2D eigenvalue weighted by Gasteiger charge is -2.04. The molecule has 0 fully saturated rings. The first-order chi connectivity index (χ1) is 9.00. The van der Waals surface area contributed by atoms with Gasteiger partial charge in [0.2, 0.25) is 0 Å². The van der Waals surface area contributed by atoms with Crippen LogP contribution < -0.4 is 9.47 Å². The van der Waals surface area contributed by atoms with Crippen LogP contribution in [0.4, 0.5) is 8.78 Å². The number of hydrogen-bond donors (Lipinski definition) is 1. The van der Waals surface area contributed by atoms with E-state index in [-0.39, 0.29) is 23.8 Å². The SMILES string of the molecule is CCOC(=O)c1cc2c3c(ccc2[nH]1)OC(F)(F)O3. The number of nitrogens with one attached hydrogen (secondary N) is 1. The zero-order valence-corrected chi connectivity index (χ0v) is 9.83. The van der Waals surface area contributed by atoms with Crippen LogP contribution in [0.15, 0.2) is 18.2 Å². The second-order valence-electron chi connectivity index (χ2n) is 3.93. The van der Waals surface area contributed by atoms with Crippen LogP contribution in [0.2, 0.25) is 0 Å². The predicted octanol–water partition coefficient (Wildman–Crippen LogP) is 2.67. The topological polar surface area (TPSA) is 60.6 Å². The Morgan fingerprint density at radius 1 is 1.42 bits per heavy atom. The number of hydrogen-bond acceptors (Lipinski definition) is 4. The Morgan fingerprint density at radius 3 is 2.95 bits per heavy atom. The molecule has 0 atom stereocenters. The summed E-state index contributed by atoms with van der Waals surface area (Å²) in [6.45, 7) is 1.90. The summed E-state index contributed by atoms with van der Waals surface area (Å²) in [5, 5.41) is 0.345. The van der Waals surface area contributed by atoms with Crippen molar-refractivity contribution in [3.8, 4) is 11.5 Å². The maximum Gasteiger partial charge on any atom is 0.586 e. The molecule has 1 aromatic heterocycles. The van der Waals surface area contributed by atoms with Crippen molar-refractivity contribution < 1.29 is 27.8 Å². The van der Waals surface area contributed by atoms with Gasteiger partial charge in [-0.15, -0.1) is 8.78 Å². The molecule has 0 saturated carbocycles. The van der Waals surface area contributed by atoms with E-state index in [4.69, 9.17) is 4.74 Å². The number of rotatable bonds is 2. The van der Waals surface area contributed by atoms with Crippen molar-refractivity contribution in [3.05, 3.63) is 23.9 Å². The molecule has 1 aliphatic rings. The molecule has 0 amide bonds. The third-order valence-electron chi connectivity index (χ3n) is 2.66. The van der Waals surface area contributed by atoms with Gasteiger partial charge < -0.3 is 19.2 Å². The van der Waals surface area contributed by atoms with Crippen LogP contribution in [-0.2, 0) is 4.74 Å². The van der Waals surface area contributed by atoms with Crippen LogP contribution in [0.5, 0.6) is 11.5 Å². The zero-order chi connectivity index (χ0) is 13.6. The molecule has 0 spiro atoms. The maximum atomic E-state index is 13.0. The lowest BCUT2D eigenvalue weighted by Crippen LogP contribution is -2.25. The Bertz CT molecular complexity index is 665. The fourth-order valence-electron chi connectivity index (χ4n) is 1.93. The summed E-state index contributed by atoms with van der Waals surface area (Å²) in [7, 11) is 0. The molecule has 0 bridgehead atoms. The highest BCUT2D eigenvalue weighted by Gasteiger charge is 2.44. The van der Waals surface area contributed by atoms with Gasteiger partial charge in [-0.05, 0) is 25.1 Å². The lowest BCUT2D eigenvalue weighted by atomic mass is 10.2. The summed E-state index contributed by atoms with van der Waals surface area (Å²) >= 11 is 0. The molecule has 1 aliphatic heterocycles. The van der Waals surface area contributed by atoms with Gasteiger partial charge in [0.25, 0.3) is 0 Å². The molecule has 1 N–H and O–H groups in total. The molecular weight excluding hydrogens is 260 g/mol. The number of halogens is 2. The van der Waals surface area contributed by atoms with Gasteiger partial charge in [0, 0.05) is 5.39 Å². The third kappa shape index (κ3) is 1.87. The molecule has 1 aromatic carbocycles. The smallest absolute Gasteiger partial charge is 0.461 e. The molecule has 7 heteroatoms. The van der Waals surface area contributed by atoms with Crippen LogP contribution in [0.1, 0.15) is 17.4 Å². The van der Waals surface area contributed by atoms with Crippen molar-refractivity contribution in [2.24, 2.45) is 0 Å². The number of esters is 1. The summed E-state index contributed by atoms with van der Waals surface area (Å²) in [6, 6.07) is 4.28. The minimum absolute atomic E-state index is 0.0630. The fraction of sp³-hybridized carbons (Fsp3) is 0.250. The Hall–Kier alpha value is -2.31. The molecule has 5 nitrogen and oxygen atoms in total. The van der Waals surface area contributed by atoms with Crippen molar-refractivity contribution in [2.75, 3.05) is 6.61 Å². The number of aromatic amines is 1. The minimum atomic E-state index is -3.68. The molecule has 0 unspecified atom stereocenters. The highest BCUT2D eigenvalue weighted by atomic mass is 19.3. The second kappa shape index (κ2) is 3.84. The van der Waals surface area contributed by atoms with E-state index >= 15 is 0 Å². The van der Waals surface area contributed by atoms with Crippen LogP contribution in [0, 0.1) is 0 Å². The normalized spacial score (nSPS) is 15.7. The zero-order valence-electron chi connectivity index (χ0n) is 9.83. The summed E-state index contributed by atoms with van der Waals surface area (Å²) in [4.78, 5) is 14.4. The molecule has 19 heavy (non-hydrogen) atoms. The number of carbonyl (C=O) groups excluding carboxylic acids is 1. The van der Waals surface area contributed by atoms with E-state index < -0.39 is 12.3 Å². The van der Waals surface area contributed by atoms with Crippen molar-refractivity contribution >= 4 is 16.9 Å². The van der Waals surface area contributed by atoms with Crippen LogP contribution in [0.3, 0.4) is 0 Å². The van der Waals surface area contributed by atoms with E-state index in [9.17, 15) is 13.6 Å². The summed E-state index contributed by atoms with van der Waals surface area (Å²) in [5.41, 5.74) is 0.659. The number of H-pyrrole nitrogens is 1. The average molecular weight is 269 g/mol. The molecule has 3 rings (SSSR count). The Morgan fingerprint density at radius 2 is 2.21 bits per heavy atom. The van der Waals surface area contributed by atoms with Gasteiger partial charge in [-0.2, -0.15) is 0 Å². The van der Waals surface area contributed by atoms with Crippen LogP contribution in [-0.4, -0.2) is 23.9 Å². The number of carbonyl (C=O) groups is 1. The first-order valence-electron chi connectivity index (χ1n) is 5.59. The van der Waals surface area contributed by atoms with Gasteiger partial charge in [0.15, 0.2) is 11.5 Å². The van der Waals surface area contributed by atoms with E-state index in [0.717, 1.165) is 0 Å². The highest BCUT2D eigenvalue weighted by Crippen LogP contribution is 2.45. The van der Waals surface area contributed by atoms with Gasteiger partial charge in [0.1, 0.15) is 5.69 Å². The minimum Gasteiger partial charge on any atom is -0.461 e. The van der Waals surface area contributed by atoms with Gasteiger partial charge in [0.05, 0.1) is 12.1 Å². The monoisotopic (exact) mass is 269 g/mol. The number of fused-ring (bicyclic) bond motifs is 3.